The summed E-state index contributed by atoms with van der Waals surface area (Å²) in [7, 11) is 0. The maximum Gasteiger partial charge on any atom is 0.214 e. The molecular weight excluding hydrogens is 280 g/mol. The van der Waals surface area contributed by atoms with Crippen LogP contribution in [0.5, 0.6) is 5.88 Å². The lowest BCUT2D eigenvalue weighted by Gasteiger charge is -2.30. The molecule has 0 saturated carbocycles. The van der Waals surface area contributed by atoms with E-state index in [-0.39, 0.29) is 0 Å². The SMILES string of the molecule is CC(C)N(CCOc1cccc(Br)n1)C(C)C. The molecule has 96 valence electrons. The second kappa shape index (κ2) is 6.97. The molecule has 0 spiro atoms. The van der Waals surface area contributed by atoms with Gasteiger partial charge in [-0.05, 0) is 49.7 Å². The van der Waals surface area contributed by atoms with Crippen LogP contribution in [0.3, 0.4) is 0 Å². The third-order valence-electron chi connectivity index (χ3n) is 2.62. The van der Waals surface area contributed by atoms with Crippen LogP contribution in [0.15, 0.2) is 22.8 Å². The first kappa shape index (κ1) is 14.5. The molecule has 0 saturated heterocycles. The Hall–Kier alpha value is -0.610. The van der Waals surface area contributed by atoms with Crippen molar-refractivity contribution in [3.63, 3.8) is 0 Å². The third kappa shape index (κ3) is 5.04. The summed E-state index contributed by atoms with van der Waals surface area (Å²) in [6.45, 7) is 10.4. The zero-order chi connectivity index (χ0) is 12.8. The molecule has 3 nitrogen and oxygen atoms in total. The van der Waals surface area contributed by atoms with Crippen molar-refractivity contribution < 1.29 is 4.74 Å². The van der Waals surface area contributed by atoms with Crippen molar-refractivity contribution in [1.29, 1.82) is 0 Å². The first-order chi connectivity index (χ1) is 8.00. The van der Waals surface area contributed by atoms with Gasteiger partial charge in [-0.25, -0.2) is 4.98 Å². The van der Waals surface area contributed by atoms with Crippen molar-refractivity contribution in [2.24, 2.45) is 0 Å². The van der Waals surface area contributed by atoms with Crippen molar-refractivity contribution in [3.05, 3.63) is 22.8 Å². The van der Waals surface area contributed by atoms with E-state index < -0.39 is 0 Å². The largest absolute Gasteiger partial charge is 0.476 e. The van der Waals surface area contributed by atoms with Crippen LogP contribution < -0.4 is 4.74 Å². The van der Waals surface area contributed by atoms with Gasteiger partial charge in [-0.15, -0.1) is 0 Å². The number of hydrogen-bond donors (Lipinski definition) is 0. The number of pyridine rings is 1. The van der Waals surface area contributed by atoms with Gasteiger partial charge < -0.3 is 4.74 Å². The maximum atomic E-state index is 5.63. The predicted octanol–water partition coefficient (Wildman–Crippen LogP) is 3.34. The fourth-order valence-electron chi connectivity index (χ4n) is 1.84. The number of ether oxygens (including phenoxy) is 1. The molecule has 1 aromatic rings. The van der Waals surface area contributed by atoms with Crippen LogP contribution in [0.2, 0.25) is 0 Å². The molecular formula is C13H21BrN2O. The van der Waals surface area contributed by atoms with Crippen molar-refractivity contribution in [3.8, 4) is 5.88 Å². The second-order valence-electron chi connectivity index (χ2n) is 4.57. The maximum absolute atomic E-state index is 5.63. The molecule has 1 aromatic heterocycles. The van der Waals surface area contributed by atoms with Crippen LogP contribution in [0.1, 0.15) is 27.7 Å². The zero-order valence-electron chi connectivity index (χ0n) is 11.0. The molecule has 0 bridgehead atoms. The Morgan fingerprint density at radius 3 is 2.41 bits per heavy atom. The van der Waals surface area contributed by atoms with Crippen molar-refractivity contribution >= 4 is 15.9 Å². The normalized spacial score (nSPS) is 11.5. The Kier molecular flexibility index (Phi) is 5.92. The fourth-order valence-corrected chi connectivity index (χ4v) is 2.17. The van der Waals surface area contributed by atoms with E-state index in [4.69, 9.17) is 4.74 Å². The average Bonchev–Trinajstić information content (AvgIpc) is 2.23. The van der Waals surface area contributed by atoms with Crippen LogP contribution in [0.25, 0.3) is 0 Å². The van der Waals surface area contributed by atoms with E-state index in [1.807, 2.05) is 18.2 Å². The summed E-state index contributed by atoms with van der Waals surface area (Å²) in [4.78, 5) is 6.64. The van der Waals surface area contributed by atoms with Gasteiger partial charge in [0.1, 0.15) is 11.2 Å². The van der Waals surface area contributed by atoms with Crippen molar-refractivity contribution in [2.75, 3.05) is 13.2 Å². The van der Waals surface area contributed by atoms with Gasteiger partial charge in [-0.2, -0.15) is 0 Å². The minimum atomic E-state index is 0.536. The number of rotatable bonds is 6. The molecule has 0 atom stereocenters. The van der Waals surface area contributed by atoms with E-state index in [1.54, 1.807) is 0 Å². The minimum Gasteiger partial charge on any atom is -0.476 e. The van der Waals surface area contributed by atoms with Gasteiger partial charge in [0.25, 0.3) is 0 Å². The molecule has 0 fully saturated rings. The van der Waals surface area contributed by atoms with E-state index in [0.29, 0.717) is 24.6 Å². The van der Waals surface area contributed by atoms with Crippen LogP contribution in [-0.4, -0.2) is 35.1 Å². The van der Waals surface area contributed by atoms with Crippen molar-refractivity contribution in [2.45, 2.75) is 39.8 Å². The van der Waals surface area contributed by atoms with Crippen LogP contribution in [0.4, 0.5) is 0 Å². The molecule has 0 radical (unpaired) electrons. The fraction of sp³-hybridized carbons (Fsp3) is 0.615. The quantitative estimate of drug-likeness (QED) is 0.754. The van der Waals surface area contributed by atoms with E-state index in [1.165, 1.54) is 0 Å². The summed E-state index contributed by atoms with van der Waals surface area (Å²) >= 11 is 3.33. The number of halogens is 1. The minimum absolute atomic E-state index is 0.536. The predicted molar refractivity (Wildman–Crippen MR) is 74.4 cm³/mol. The molecule has 1 rings (SSSR count). The third-order valence-corrected chi connectivity index (χ3v) is 3.06. The Morgan fingerprint density at radius 2 is 1.88 bits per heavy atom. The van der Waals surface area contributed by atoms with Gasteiger partial charge in [-0.1, -0.05) is 6.07 Å². The van der Waals surface area contributed by atoms with E-state index in [0.717, 1.165) is 11.1 Å². The van der Waals surface area contributed by atoms with Gasteiger partial charge >= 0.3 is 0 Å². The van der Waals surface area contributed by atoms with Gasteiger partial charge in [0.15, 0.2) is 0 Å². The Bertz CT molecular complexity index is 334. The summed E-state index contributed by atoms with van der Waals surface area (Å²) in [5.74, 6) is 0.673. The lowest BCUT2D eigenvalue weighted by molar-refractivity contribution is 0.140. The Morgan fingerprint density at radius 1 is 1.24 bits per heavy atom. The van der Waals surface area contributed by atoms with Crippen LogP contribution >= 0.6 is 15.9 Å². The Balaban J connectivity index is 2.41. The molecule has 0 aromatic carbocycles. The molecule has 17 heavy (non-hydrogen) atoms. The molecule has 0 aliphatic rings. The number of nitrogens with zero attached hydrogens (tertiary/aromatic N) is 2. The topological polar surface area (TPSA) is 25.4 Å². The van der Waals surface area contributed by atoms with Crippen LogP contribution in [-0.2, 0) is 0 Å². The standard InChI is InChI=1S/C13H21BrN2O/c1-10(2)16(11(3)4)8-9-17-13-7-5-6-12(14)15-13/h5-7,10-11H,8-9H2,1-4H3. The highest BCUT2D eigenvalue weighted by Crippen LogP contribution is 2.12. The van der Waals surface area contributed by atoms with E-state index in [9.17, 15) is 0 Å². The van der Waals surface area contributed by atoms with E-state index >= 15 is 0 Å². The summed E-state index contributed by atoms with van der Waals surface area (Å²) in [5, 5.41) is 0. The summed E-state index contributed by atoms with van der Waals surface area (Å²) in [5.41, 5.74) is 0. The Labute approximate surface area is 112 Å². The summed E-state index contributed by atoms with van der Waals surface area (Å²) in [6, 6.07) is 6.76. The average molecular weight is 301 g/mol. The molecule has 4 heteroatoms. The molecule has 0 N–H and O–H groups in total. The highest BCUT2D eigenvalue weighted by Gasteiger charge is 2.12. The summed E-state index contributed by atoms with van der Waals surface area (Å²) in [6.07, 6.45) is 0. The van der Waals surface area contributed by atoms with Crippen LogP contribution in [0, 0.1) is 0 Å². The summed E-state index contributed by atoms with van der Waals surface area (Å²) < 4.78 is 6.44. The molecule has 0 aliphatic heterocycles. The van der Waals surface area contributed by atoms with Gasteiger partial charge in [-0.3, -0.25) is 4.90 Å². The smallest absolute Gasteiger partial charge is 0.214 e. The first-order valence-electron chi connectivity index (χ1n) is 6.02. The molecule has 0 aliphatic carbocycles. The zero-order valence-corrected chi connectivity index (χ0v) is 12.6. The first-order valence-corrected chi connectivity index (χ1v) is 6.81. The number of hydrogen-bond acceptors (Lipinski definition) is 3. The van der Waals surface area contributed by atoms with Gasteiger partial charge in [0, 0.05) is 24.7 Å². The lowest BCUT2D eigenvalue weighted by atomic mass is 10.2. The van der Waals surface area contributed by atoms with Crippen molar-refractivity contribution in [1.82, 2.24) is 9.88 Å². The molecule has 1 heterocycles. The second-order valence-corrected chi connectivity index (χ2v) is 5.38. The van der Waals surface area contributed by atoms with Gasteiger partial charge in [0.2, 0.25) is 5.88 Å². The highest BCUT2D eigenvalue weighted by atomic mass is 79.9. The molecule has 0 amide bonds. The molecule has 0 unspecified atom stereocenters. The van der Waals surface area contributed by atoms with Gasteiger partial charge in [0.05, 0.1) is 0 Å². The monoisotopic (exact) mass is 300 g/mol. The van der Waals surface area contributed by atoms with E-state index in [2.05, 4.69) is 53.5 Å². The highest BCUT2D eigenvalue weighted by molar-refractivity contribution is 9.10. The lowest BCUT2D eigenvalue weighted by Crippen LogP contribution is -2.39. The number of aromatic nitrogens is 1.